The zero-order valence-electron chi connectivity index (χ0n) is 75.9. The zero-order chi connectivity index (χ0) is 91.5. The summed E-state index contributed by atoms with van der Waals surface area (Å²) in [6.07, 6.45) is 6.75. The molecule has 7 unspecified atom stereocenters. The van der Waals surface area contributed by atoms with E-state index in [1.165, 1.54) is 51.0 Å². The number of imidazole rings is 1. The average molecular weight is 2390 g/mol. The maximum Gasteiger partial charge on any atom is 2.00 e. The number of rotatable bonds is 29. The summed E-state index contributed by atoms with van der Waals surface area (Å²) in [5.74, 6) is 14.6. The Labute approximate surface area is 907 Å². The van der Waals surface area contributed by atoms with Crippen LogP contribution < -0.4 is 43.5 Å². The van der Waals surface area contributed by atoms with Gasteiger partial charge in [0.1, 0.15) is 104 Å². The number of ether oxygens (including phenoxy) is 11. The van der Waals surface area contributed by atoms with Crippen molar-refractivity contribution in [2.45, 2.75) is 59.3 Å². The van der Waals surface area contributed by atoms with Crippen LogP contribution in [0.4, 0.5) is 14.4 Å². The van der Waals surface area contributed by atoms with Crippen LogP contribution in [0.25, 0.3) is 61.3 Å². The summed E-state index contributed by atoms with van der Waals surface area (Å²) in [6.45, 7) is 31.2. The smallest absolute Gasteiger partial charge is 0.516 e. The summed E-state index contributed by atoms with van der Waals surface area (Å²) < 4.78 is 62.6. The Bertz CT molecular complexity index is 5960. The molecule has 0 fully saturated rings. The van der Waals surface area contributed by atoms with Crippen molar-refractivity contribution < 1.29 is 198 Å². The van der Waals surface area contributed by atoms with Crippen LogP contribution in [0.1, 0.15) is 119 Å². The van der Waals surface area contributed by atoms with Crippen LogP contribution in [-0.2, 0) is 160 Å². The number of aliphatic hydroxyl groups excluding tert-OH is 2. The molecule has 0 aliphatic carbocycles. The maximum atomic E-state index is 12.5. The largest absolute Gasteiger partial charge is 2.00 e. The Kier molecular flexibility index (Phi) is 54.4. The normalized spacial score (nSPS) is 12.9. The van der Waals surface area contributed by atoms with E-state index in [2.05, 4.69) is 93.7 Å². The van der Waals surface area contributed by atoms with Crippen molar-refractivity contribution in [3.8, 4) is 102 Å². The van der Waals surface area contributed by atoms with Crippen LogP contribution >= 0.6 is 108 Å². The van der Waals surface area contributed by atoms with Crippen LogP contribution in [0.3, 0.4) is 0 Å². The van der Waals surface area contributed by atoms with Gasteiger partial charge in [0.15, 0.2) is 54.5 Å². The molecule has 10 heterocycles. The monoisotopic (exact) mass is 2380 g/mol. The number of carbonyl (C=O) groups is 9. The summed E-state index contributed by atoms with van der Waals surface area (Å²) >= 11 is 9.60. The number of nitrogens with zero attached hydrogens (tertiary/aromatic N) is 2. The Morgan fingerprint density at radius 3 is 0.928 bits per heavy atom. The minimum absolute atomic E-state index is 0. The van der Waals surface area contributed by atoms with Crippen LogP contribution in [-0.4, -0.2) is 127 Å². The van der Waals surface area contributed by atoms with Gasteiger partial charge in [-0.1, -0.05) is 65.0 Å². The number of aliphatic imine (C=N–C) groups is 1. The number of ketones is 6. The number of allylic oxidation sites excluding steroid dienone is 1. The molecule has 1 aromatic heterocycles. The Morgan fingerprint density at radius 1 is 0.388 bits per heavy atom. The summed E-state index contributed by atoms with van der Waals surface area (Å²) in [6, 6.07) is 29.6. The van der Waals surface area contributed by atoms with Gasteiger partial charge >= 0.3 is 110 Å². The number of alkyl halides is 3. The van der Waals surface area contributed by atoms with E-state index in [4.69, 9.17) is 95.2 Å². The third kappa shape index (κ3) is 30.3. The number of H-pyrrole nitrogens is 1. The molecule has 40 heteroatoms. The average Bonchev–Trinajstić information content (AvgIpc) is 1.25. The summed E-state index contributed by atoms with van der Waals surface area (Å²) in [5.41, 5.74) is 23.0. The van der Waals surface area contributed by atoms with Gasteiger partial charge in [-0.25, -0.2) is 48.5 Å². The van der Waals surface area contributed by atoms with Gasteiger partial charge in [0.2, 0.25) is 0 Å². The second-order valence-electron chi connectivity index (χ2n) is 28.3. The second-order valence-corrected chi connectivity index (χ2v) is 37.2. The second kappa shape index (κ2) is 60.2. The molecule has 0 spiro atoms. The first-order valence-electron chi connectivity index (χ1n) is 39.1. The quantitative estimate of drug-likeness (QED) is 0.00979. The fraction of sp³-hybridized carbons (Fsp3) is 0.172. The molecule has 5 radical (unpaired) electrons. The molecule has 9 aromatic rings. The molecule has 9 aliphatic heterocycles. The van der Waals surface area contributed by atoms with Gasteiger partial charge in [-0.05, 0) is 159 Å². The molecule has 717 valence electrons. The van der Waals surface area contributed by atoms with Crippen molar-refractivity contribution in [1.82, 2.24) is 9.97 Å². The molecular weight excluding hydrogens is 2290 g/mol. The van der Waals surface area contributed by atoms with Crippen LogP contribution in [0, 0.1) is 70.0 Å². The van der Waals surface area contributed by atoms with Gasteiger partial charge in [-0.15, -0.1) is 17.2 Å². The van der Waals surface area contributed by atoms with E-state index >= 15 is 0 Å². The third-order valence-electron chi connectivity index (χ3n) is 20.5. The van der Waals surface area contributed by atoms with E-state index in [1.54, 1.807) is 78.7 Å². The molecular formula is C99H93Br3N3O22P7V5. The Hall–Kier alpha value is -7.64. The fourth-order valence-corrected chi connectivity index (χ4v) is 18.0. The number of Topliss-reactive ketones (excluding diaryl/α,β-unsaturated/α-hetero) is 6. The number of hydrogen-bond donors (Lipinski definition) is 3. The van der Waals surface area contributed by atoms with Crippen molar-refractivity contribution in [3.05, 3.63) is 316 Å². The predicted octanol–water partition coefficient (Wildman–Crippen LogP) is 24.4. The molecule has 139 heavy (non-hydrogen) atoms. The van der Waals surface area contributed by atoms with E-state index in [9.17, 15) is 43.2 Å². The molecule has 0 saturated heterocycles. The van der Waals surface area contributed by atoms with Crippen LogP contribution in [0.5, 0.6) is 46.0 Å². The molecule has 0 bridgehead atoms. The van der Waals surface area contributed by atoms with Gasteiger partial charge in [-0.2, -0.15) is 0 Å². The number of halogens is 3. The molecule has 18 rings (SSSR count). The van der Waals surface area contributed by atoms with E-state index in [-0.39, 0.29) is 246 Å². The summed E-state index contributed by atoms with van der Waals surface area (Å²) in [4.78, 5) is 120. The molecule has 8 aromatic carbocycles. The van der Waals surface area contributed by atoms with Gasteiger partial charge in [0.25, 0.3) is 0 Å². The maximum absolute atomic E-state index is 12.5. The number of aromatic amines is 1. The van der Waals surface area contributed by atoms with Crippen molar-refractivity contribution in [1.29, 1.82) is 0 Å². The molecule has 7 atom stereocenters. The van der Waals surface area contributed by atoms with E-state index < -0.39 is 23.7 Å². The van der Waals surface area contributed by atoms with Crippen molar-refractivity contribution in [2.75, 3.05) is 49.1 Å². The SMILES string of the molecule is O=C(CBr)c1cc2c3c(c1)OCc1cc(C(=O)CBr)cc(c1-3)OC2.[CH-]=CPC(=O)OCC(=O)c1cc2c3c(c1)OCc1cc(C(=O)CBr)cc(c1-3)OC2.[CH-]=CPC(=O)OCC(=O)c1cc2c3c(c1)OCc1cc(C(=O)COC(=O)PC)cc(c1-3)OC2.[CH-]=CPC=CO.[CH-]=CPC=CO.[CH-]=CPc1ncc(-c2cc3c4c(c2)OCc2cc(C5=CN=C(PC)C5)cc(c2-4)OC3)[nH]1.[CH3-].[CH3-].[CH3-].[CH3-].[CH3-].[V+2].[V+2].[V+2].[V+2].[V+2]. The zero-order valence-corrected chi connectivity index (χ0v) is 94.6. The topological polar surface area (TPSA) is 337 Å². The Balaban J connectivity index is 0.000000449. The Morgan fingerprint density at radius 2 is 0.669 bits per heavy atom. The number of aliphatic hydroxyl groups is 2. The van der Waals surface area contributed by atoms with E-state index in [0.29, 0.717) is 120 Å². The van der Waals surface area contributed by atoms with Crippen LogP contribution in [0.2, 0.25) is 0 Å². The van der Waals surface area contributed by atoms with E-state index in [0.717, 1.165) is 134 Å². The molecule has 9 aliphatic rings. The van der Waals surface area contributed by atoms with Gasteiger partial charge in [-0.3, -0.25) is 33.8 Å². The van der Waals surface area contributed by atoms with Gasteiger partial charge in [0.05, 0.1) is 40.4 Å². The number of aromatic nitrogens is 2. The van der Waals surface area contributed by atoms with Gasteiger partial charge in [0, 0.05) is 146 Å². The third-order valence-corrected chi connectivity index (χ3v) is 26.3. The van der Waals surface area contributed by atoms with Crippen molar-refractivity contribution >= 4 is 176 Å². The van der Waals surface area contributed by atoms with Crippen molar-refractivity contribution in [3.63, 3.8) is 0 Å². The fourth-order valence-electron chi connectivity index (χ4n) is 14.8. The minimum atomic E-state index is -0.557. The summed E-state index contributed by atoms with van der Waals surface area (Å²) in [7, 11) is 1.32. The van der Waals surface area contributed by atoms with E-state index in [1.807, 2.05) is 30.6 Å². The molecule has 3 N–H and O–H groups in total. The number of hydrogen-bond acceptors (Lipinski definition) is 24. The number of nitrogens with one attached hydrogen (secondary N) is 1. The summed E-state index contributed by atoms with van der Waals surface area (Å²) in [5, 5.41) is 16.7. The predicted molar refractivity (Wildman–Crippen MR) is 551 cm³/mol. The first-order valence-corrected chi connectivity index (χ1v) is 51.0. The van der Waals surface area contributed by atoms with Crippen LogP contribution in [0.15, 0.2) is 168 Å². The molecule has 25 nitrogen and oxygen atoms in total. The first-order chi connectivity index (χ1) is 62.6. The number of benzene rings is 8. The van der Waals surface area contributed by atoms with Gasteiger partial charge < -0.3 is 137 Å². The first kappa shape index (κ1) is 126. The standard InChI is InChI=1S/C24H20N3O2P2.C23H19O8P2.C21H15BrO6P.C18H12Br2O4.2C4H6OP.5CH3.5V/c1-3-31-24-26-10-18(27-24)14-5-17-12-28-19-6-13(15-8-21(30-2)25-9-15)4-16-11-29-20(7-14)23(17)22(16)19;1-3-33-23(27)31-11-17(25)13-5-15-9-28-18-6-12(16(24)10-30-22(26)32-2)4-14-8-29-19(7-13)21(15)20(14)18;1-2-29-21(25)28-10-16(24)12-4-14-9-26-17-5-11(15(23)7-22)3-13-8-27-18(6-12)20(14)19(13)17;19-5-13(21)9-1-11-7-23-16-4-10(14(22)6-20)2-12-8-24-15(3-9)17(11)18(12)16;2*1-2-6-4-3-5;;;;;;;;;;/h1,3-7,9-10,30-31H,8,11-12H2,2H3,(H,26,27);1,3-7,32-33H,8-11H2,2H3;1-6,29H,7-10H2;1-4H,5-8H2;2*1-6H;5*1H3;;;;;/q3*-1;;7*-1;5*+2. The number of carbonyl (C=O) groups excluding carboxylic acids is 9. The van der Waals surface area contributed by atoms with Crippen molar-refractivity contribution in [2.24, 2.45) is 4.99 Å². The molecule has 0 saturated carbocycles. The minimum Gasteiger partial charge on any atom is -0.516 e. The molecule has 0 amide bonds.